The molecule has 1 saturated heterocycles. The van der Waals surface area contributed by atoms with E-state index in [1.807, 2.05) is 0 Å². The fourth-order valence-corrected chi connectivity index (χ4v) is 3.15. The van der Waals surface area contributed by atoms with Gasteiger partial charge in [0, 0.05) is 18.7 Å². The average molecular weight is 205 g/mol. The molecule has 15 heavy (non-hydrogen) atoms. The van der Waals surface area contributed by atoms with Gasteiger partial charge < -0.3 is 5.32 Å². The number of aryl methyl sites for hydroxylation is 2. The van der Waals surface area contributed by atoms with E-state index in [0.29, 0.717) is 0 Å². The molecule has 82 valence electrons. The molecular formula is C12H19N3. The van der Waals surface area contributed by atoms with Crippen molar-refractivity contribution in [1.29, 1.82) is 0 Å². The maximum Gasteiger partial charge on any atom is 0.0659 e. The summed E-state index contributed by atoms with van der Waals surface area (Å²) in [4.78, 5) is 0. The van der Waals surface area contributed by atoms with Crippen LogP contribution in [-0.2, 0) is 19.9 Å². The highest BCUT2D eigenvalue weighted by atomic mass is 15.3. The molecule has 2 heterocycles. The number of hydrogen-bond donors (Lipinski definition) is 1. The Balaban J connectivity index is 1.95. The van der Waals surface area contributed by atoms with Gasteiger partial charge in [-0.15, -0.1) is 0 Å². The van der Waals surface area contributed by atoms with Gasteiger partial charge in [0.15, 0.2) is 0 Å². The van der Waals surface area contributed by atoms with E-state index < -0.39 is 0 Å². The third-order valence-corrected chi connectivity index (χ3v) is 3.84. The van der Waals surface area contributed by atoms with Gasteiger partial charge in [-0.3, -0.25) is 4.68 Å². The van der Waals surface area contributed by atoms with Crippen molar-refractivity contribution in [2.45, 2.75) is 38.0 Å². The smallest absolute Gasteiger partial charge is 0.0659 e. The second kappa shape index (κ2) is 3.63. The number of fused-ring (bicyclic) bond motifs is 1. The molecule has 0 atom stereocenters. The van der Waals surface area contributed by atoms with Gasteiger partial charge in [0.1, 0.15) is 0 Å². The Hall–Kier alpha value is -0.830. The topological polar surface area (TPSA) is 29.9 Å². The van der Waals surface area contributed by atoms with Crippen LogP contribution in [0, 0.1) is 0 Å². The maximum atomic E-state index is 4.66. The Morgan fingerprint density at radius 2 is 2.07 bits per heavy atom. The molecule has 1 N–H and O–H groups in total. The fraction of sp³-hybridized carbons (Fsp3) is 0.750. The van der Waals surface area contributed by atoms with Crippen LogP contribution in [0.3, 0.4) is 0 Å². The summed E-state index contributed by atoms with van der Waals surface area (Å²) in [7, 11) is 2.12. The van der Waals surface area contributed by atoms with Crippen LogP contribution in [0.1, 0.15) is 42.1 Å². The fourth-order valence-electron chi connectivity index (χ4n) is 3.15. The number of rotatable bonds is 1. The summed E-state index contributed by atoms with van der Waals surface area (Å²) in [5, 5.41) is 8.10. The molecule has 0 aromatic carbocycles. The zero-order valence-corrected chi connectivity index (χ0v) is 9.42. The molecular weight excluding hydrogens is 186 g/mol. The third-order valence-electron chi connectivity index (χ3n) is 3.84. The highest BCUT2D eigenvalue weighted by molar-refractivity contribution is 5.33. The van der Waals surface area contributed by atoms with Crippen molar-refractivity contribution in [3.8, 4) is 0 Å². The highest BCUT2D eigenvalue weighted by Crippen LogP contribution is 2.33. The van der Waals surface area contributed by atoms with Crippen LogP contribution in [0.4, 0.5) is 0 Å². The first-order valence-corrected chi connectivity index (χ1v) is 6.11. The normalized spacial score (nSPS) is 21.9. The van der Waals surface area contributed by atoms with Crippen molar-refractivity contribution in [1.82, 2.24) is 15.1 Å². The van der Waals surface area contributed by atoms with E-state index in [2.05, 4.69) is 22.1 Å². The number of hydrogen-bond acceptors (Lipinski definition) is 2. The van der Waals surface area contributed by atoms with Gasteiger partial charge in [-0.25, -0.2) is 0 Å². The number of aromatic nitrogens is 2. The van der Waals surface area contributed by atoms with Crippen LogP contribution in [0.5, 0.6) is 0 Å². The molecule has 0 radical (unpaired) electrons. The van der Waals surface area contributed by atoms with Crippen LogP contribution in [0.2, 0.25) is 0 Å². The number of nitrogens with one attached hydrogen (secondary N) is 1. The minimum Gasteiger partial charge on any atom is -0.317 e. The predicted molar refractivity (Wildman–Crippen MR) is 60.1 cm³/mol. The molecule has 2 aliphatic rings. The van der Waals surface area contributed by atoms with Crippen molar-refractivity contribution >= 4 is 0 Å². The first-order chi connectivity index (χ1) is 7.36. The Kier molecular flexibility index (Phi) is 2.28. The van der Waals surface area contributed by atoms with Crippen LogP contribution < -0.4 is 5.32 Å². The Morgan fingerprint density at radius 1 is 1.27 bits per heavy atom. The van der Waals surface area contributed by atoms with Crippen LogP contribution in [-0.4, -0.2) is 22.9 Å². The second-order valence-corrected chi connectivity index (χ2v) is 4.81. The summed E-state index contributed by atoms with van der Waals surface area (Å²) in [6.07, 6.45) is 6.35. The summed E-state index contributed by atoms with van der Waals surface area (Å²) in [5.74, 6) is 0.755. The first-order valence-electron chi connectivity index (χ1n) is 6.11. The summed E-state index contributed by atoms with van der Waals surface area (Å²) < 4.78 is 2.15. The molecule has 3 heteroatoms. The molecule has 3 nitrogen and oxygen atoms in total. The van der Waals surface area contributed by atoms with Crippen LogP contribution >= 0.6 is 0 Å². The lowest BCUT2D eigenvalue weighted by molar-refractivity contribution is 0.437. The van der Waals surface area contributed by atoms with E-state index in [4.69, 9.17) is 0 Å². The highest BCUT2D eigenvalue weighted by Gasteiger charge is 2.26. The first kappa shape index (κ1) is 9.40. The van der Waals surface area contributed by atoms with E-state index in [1.54, 1.807) is 11.3 Å². The van der Waals surface area contributed by atoms with Gasteiger partial charge in [-0.2, -0.15) is 5.10 Å². The lowest BCUT2D eigenvalue weighted by Gasteiger charge is -2.23. The molecule has 0 bridgehead atoms. The number of nitrogens with zero attached hydrogens (tertiary/aromatic N) is 2. The second-order valence-electron chi connectivity index (χ2n) is 4.81. The third kappa shape index (κ3) is 1.49. The summed E-state index contributed by atoms with van der Waals surface area (Å²) in [5.41, 5.74) is 4.51. The van der Waals surface area contributed by atoms with Gasteiger partial charge in [-0.1, -0.05) is 0 Å². The SMILES string of the molecule is Cn1nc2c(c1C1CCNCC1)CCC2. The van der Waals surface area contributed by atoms with E-state index in [9.17, 15) is 0 Å². The predicted octanol–water partition coefficient (Wildman–Crippen LogP) is 1.38. The minimum absolute atomic E-state index is 0.755. The van der Waals surface area contributed by atoms with Crippen LogP contribution in [0.15, 0.2) is 0 Å². The molecule has 0 saturated carbocycles. The van der Waals surface area contributed by atoms with E-state index in [-0.39, 0.29) is 0 Å². The van der Waals surface area contributed by atoms with Crippen molar-refractivity contribution < 1.29 is 0 Å². The molecule has 0 amide bonds. The minimum atomic E-state index is 0.755. The van der Waals surface area contributed by atoms with Crippen LogP contribution in [0.25, 0.3) is 0 Å². The summed E-state index contributed by atoms with van der Waals surface area (Å²) in [6.45, 7) is 2.34. The molecule has 0 spiro atoms. The molecule has 1 aliphatic carbocycles. The molecule has 1 aliphatic heterocycles. The number of piperidine rings is 1. The standard InChI is InChI=1S/C12H19N3/c1-15-12(9-5-7-13-8-6-9)10-3-2-4-11(10)14-15/h9,13H,2-8H2,1H3. The van der Waals surface area contributed by atoms with E-state index >= 15 is 0 Å². The van der Waals surface area contributed by atoms with Gasteiger partial charge in [0.2, 0.25) is 0 Å². The van der Waals surface area contributed by atoms with Crippen molar-refractivity contribution in [3.63, 3.8) is 0 Å². The zero-order chi connectivity index (χ0) is 10.3. The zero-order valence-electron chi connectivity index (χ0n) is 9.42. The van der Waals surface area contributed by atoms with Crippen molar-refractivity contribution in [3.05, 3.63) is 17.0 Å². The lowest BCUT2D eigenvalue weighted by atomic mass is 9.91. The Morgan fingerprint density at radius 3 is 2.87 bits per heavy atom. The van der Waals surface area contributed by atoms with E-state index in [1.165, 1.54) is 50.9 Å². The largest absolute Gasteiger partial charge is 0.317 e. The Bertz CT molecular complexity index is 361. The van der Waals surface area contributed by atoms with Crippen molar-refractivity contribution in [2.24, 2.45) is 7.05 Å². The molecule has 1 aromatic heterocycles. The van der Waals surface area contributed by atoms with Gasteiger partial charge in [0.05, 0.1) is 5.69 Å². The maximum absolute atomic E-state index is 4.66. The molecule has 0 unspecified atom stereocenters. The van der Waals surface area contributed by atoms with E-state index in [0.717, 1.165) is 5.92 Å². The summed E-state index contributed by atoms with van der Waals surface area (Å²) >= 11 is 0. The molecule has 1 fully saturated rings. The lowest BCUT2D eigenvalue weighted by Crippen LogP contribution is -2.28. The monoisotopic (exact) mass is 205 g/mol. The summed E-state index contributed by atoms with van der Waals surface area (Å²) in [6, 6.07) is 0. The Labute approximate surface area is 90.9 Å². The van der Waals surface area contributed by atoms with Gasteiger partial charge in [-0.05, 0) is 50.8 Å². The van der Waals surface area contributed by atoms with Crippen molar-refractivity contribution in [2.75, 3.05) is 13.1 Å². The average Bonchev–Trinajstić information content (AvgIpc) is 2.78. The molecule has 3 rings (SSSR count). The quantitative estimate of drug-likeness (QED) is 0.750. The van der Waals surface area contributed by atoms with Gasteiger partial charge >= 0.3 is 0 Å². The van der Waals surface area contributed by atoms with Gasteiger partial charge in [0.25, 0.3) is 0 Å². The molecule has 1 aromatic rings.